The Morgan fingerprint density at radius 3 is 2.95 bits per heavy atom. The Hall–Kier alpha value is -0.750. The molecule has 0 aromatic carbocycles. The van der Waals surface area contributed by atoms with Crippen LogP contribution in [0.1, 0.15) is 45.4 Å². The molecule has 2 atom stereocenters. The topological polar surface area (TPSA) is 62.7 Å². The monoisotopic (exact) mass is 284 g/mol. The van der Waals surface area contributed by atoms with Crippen LogP contribution in [0, 0.1) is 0 Å². The van der Waals surface area contributed by atoms with Crippen LogP contribution in [0.25, 0.3) is 0 Å². The molecule has 2 rings (SSSR count). The van der Waals surface area contributed by atoms with Crippen molar-refractivity contribution in [1.82, 2.24) is 20.1 Å². The van der Waals surface area contributed by atoms with E-state index in [9.17, 15) is 4.79 Å². The zero-order valence-corrected chi connectivity index (χ0v) is 12.6. The van der Waals surface area contributed by atoms with Crippen molar-refractivity contribution in [3.05, 3.63) is 10.5 Å². The van der Waals surface area contributed by atoms with Gasteiger partial charge in [-0.15, -0.1) is 5.10 Å². The molecule has 0 aliphatic heterocycles. The van der Waals surface area contributed by atoms with Gasteiger partial charge < -0.3 is 5.32 Å². The molecular weight excluding hydrogens is 260 g/mol. The normalized spacial score (nSPS) is 24.3. The molecule has 2 unspecified atom stereocenters. The van der Waals surface area contributed by atoms with Gasteiger partial charge in [0.1, 0.15) is 0 Å². The van der Waals surface area contributed by atoms with Crippen LogP contribution in [-0.4, -0.2) is 33.1 Å². The van der Waals surface area contributed by atoms with Gasteiger partial charge in [0, 0.05) is 17.8 Å². The van der Waals surface area contributed by atoms with E-state index in [4.69, 9.17) is 0 Å². The first-order valence-electron chi connectivity index (χ1n) is 7.25. The number of aromatic amines is 1. The van der Waals surface area contributed by atoms with E-state index < -0.39 is 0 Å². The van der Waals surface area contributed by atoms with Crippen LogP contribution in [-0.2, 0) is 6.54 Å². The highest BCUT2D eigenvalue weighted by atomic mass is 32.2. The Balaban J connectivity index is 2.12. The van der Waals surface area contributed by atoms with Gasteiger partial charge in [-0.2, -0.15) is 0 Å². The third kappa shape index (κ3) is 3.63. The summed E-state index contributed by atoms with van der Waals surface area (Å²) < 4.78 is 1.77. The molecule has 5 nitrogen and oxygen atoms in total. The van der Waals surface area contributed by atoms with Crippen LogP contribution in [0.15, 0.2) is 9.95 Å². The summed E-state index contributed by atoms with van der Waals surface area (Å²) in [7, 11) is 2.03. The van der Waals surface area contributed by atoms with Gasteiger partial charge in [-0.3, -0.25) is 4.57 Å². The number of hydrogen-bond acceptors (Lipinski definition) is 4. The van der Waals surface area contributed by atoms with Crippen LogP contribution >= 0.6 is 11.8 Å². The molecule has 6 heteroatoms. The molecule has 0 bridgehead atoms. The molecule has 0 spiro atoms. The lowest BCUT2D eigenvalue weighted by Gasteiger charge is -2.23. The van der Waals surface area contributed by atoms with Crippen molar-refractivity contribution in [1.29, 1.82) is 0 Å². The van der Waals surface area contributed by atoms with Gasteiger partial charge in [-0.05, 0) is 26.3 Å². The molecule has 0 amide bonds. The molecule has 108 valence electrons. The average molecular weight is 284 g/mol. The van der Waals surface area contributed by atoms with E-state index in [0.29, 0.717) is 11.3 Å². The summed E-state index contributed by atoms with van der Waals surface area (Å²) in [5.74, 6) is 0. The molecule has 1 fully saturated rings. The molecular formula is C13H24N4OS. The summed E-state index contributed by atoms with van der Waals surface area (Å²) in [6.07, 6.45) is 7.26. The van der Waals surface area contributed by atoms with Crippen molar-refractivity contribution in [2.45, 2.75) is 68.4 Å². The van der Waals surface area contributed by atoms with Crippen molar-refractivity contribution in [2.75, 3.05) is 7.05 Å². The maximum absolute atomic E-state index is 11.7. The molecule has 1 aromatic heterocycles. The van der Waals surface area contributed by atoms with E-state index >= 15 is 0 Å². The molecule has 1 heterocycles. The lowest BCUT2D eigenvalue weighted by Crippen LogP contribution is -2.35. The summed E-state index contributed by atoms with van der Waals surface area (Å²) in [5.41, 5.74) is -0.0843. The zero-order chi connectivity index (χ0) is 13.7. The van der Waals surface area contributed by atoms with Crippen molar-refractivity contribution < 1.29 is 0 Å². The Morgan fingerprint density at radius 2 is 2.21 bits per heavy atom. The molecule has 2 N–H and O–H groups in total. The first-order valence-corrected chi connectivity index (χ1v) is 8.13. The minimum atomic E-state index is -0.0843. The summed E-state index contributed by atoms with van der Waals surface area (Å²) in [5, 5.41) is 11.5. The predicted molar refractivity (Wildman–Crippen MR) is 78.7 cm³/mol. The van der Waals surface area contributed by atoms with Crippen molar-refractivity contribution in [3.8, 4) is 0 Å². The maximum atomic E-state index is 11.7. The van der Waals surface area contributed by atoms with Crippen molar-refractivity contribution in [3.63, 3.8) is 0 Å². The number of nitrogens with zero attached hydrogens (tertiary/aromatic N) is 2. The third-order valence-electron chi connectivity index (χ3n) is 3.75. The Bertz CT molecular complexity index is 442. The summed E-state index contributed by atoms with van der Waals surface area (Å²) >= 11 is 1.76. The fourth-order valence-electron chi connectivity index (χ4n) is 2.69. The molecule has 19 heavy (non-hydrogen) atoms. The van der Waals surface area contributed by atoms with E-state index in [-0.39, 0.29) is 5.69 Å². The first kappa shape index (κ1) is 14.7. The lowest BCUT2D eigenvalue weighted by molar-refractivity contribution is 0.507. The van der Waals surface area contributed by atoms with Gasteiger partial charge >= 0.3 is 5.69 Å². The Kier molecular flexibility index (Phi) is 5.51. The van der Waals surface area contributed by atoms with Crippen LogP contribution < -0.4 is 11.0 Å². The molecule has 0 radical (unpaired) electrons. The zero-order valence-electron chi connectivity index (χ0n) is 11.8. The minimum Gasteiger partial charge on any atom is -0.316 e. The number of aromatic nitrogens is 3. The second-order valence-corrected chi connectivity index (χ2v) is 6.36. The fourth-order valence-corrected chi connectivity index (χ4v) is 4.09. The second kappa shape index (κ2) is 7.14. The fraction of sp³-hybridized carbons (Fsp3) is 0.846. The van der Waals surface area contributed by atoms with E-state index in [1.807, 2.05) is 7.05 Å². The van der Waals surface area contributed by atoms with Gasteiger partial charge in [0.2, 0.25) is 0 Å². The van der Waals surface area contributed by atoms with Crippen LogP contribution in [0.2, 0.25) is 0 Å². The van der Waals surface area contributed by atoms with Crippen LogP contribution in [0.4, 0.5) is 0 Å². The Morgan fingerprint density at radius 1 is 1.42 bits per heavy atom. The molecule has 1 aromatic rings. The van der Waals surface area contributed by atoms with E-state index in [2.05, 4.69) is 22.4 Å². The number of nitrogens with one attached hydrogen (secondary N) is 2. The van der Waals surface area contributed by atoms with E-state index in [0.717, 1.165) is 18.1 Å². The van der Waals surface area contributed by atoms with Crippen molar-refractivity contribution >= 4 is 11.8 Å². The van der Waals surface area contributed by atoms with E-state index in [1.165, 1.54) is 32.1 Å². The highest BCUT2D eigenvalue weighted by molar-refractivity contribution is 7.99. The Labute approximate surface area is 118 Å². The highest BCUT2D eigenvalue weighted by Crippen LogP contribution is 2.31. The van der Waals surface area contributed by atoms with Crippen LogP contribution in [0.5, 0.6) is 0 Å². The van der Waals surface area contributed by atoms with Gasteiger partial charge in [0.25, 0.3) is 0 Å². The number of thioether (sulfide) groups is 1. The molecule has 0 saturated heterocycles. The predicted octanol–water partition coefficient (Wildman–Crippen LogP) is 1.99. The molecule has 1 aliphatic rings. The quantitative estimate of drug-likeness (QED) is 0.812. The SMILES string of the molecule is CCCn1c(SC2CCCCCC2NC)n[nH]c1=O. The smallest absolute Gasteiger partial charge is 0.316 e. The number of rotatable bonds is 5. The third-order valence-corrected chi connectivity index (χ3v) is 5.14. The van der Waals surface area contributed by atoms with Gasteiger partial charge in [0.05, 0.1) is 0 Å². The molecule has 1 saturated carbocycles. The van der Waals surface area contributed by atoms with E-state index in [1.54, 1.807) is 16.3 Å². The highest BCUT2D eigenvalue weighted by Gasteiger charge is 2.25. The van der Waals surface area contributed by atoms with Gasteiger partial charge in [-0.1, -0.05) is 37.9 Å². The summed E-state index contributed by atoms with van der Waals surface area (Å²) in [4.78, 5) is 11.7. The number of H-pyrrole nitrogens is 1. The average Bonchev–Trinajstić information content (AvgIpc) is 2.64. The van der Waals surface area contributed by atoms with Crippen LogP contribution in [0.3, 0.4) is 0 Å². The lowest BCUT2D eigenvalue weighted by atomic mass is 10.1. The largest absolute Gasteiger partial charge is 0.343 e. The maximum Gasteiger partial charge on any atom is 0.343 e. The summed E-state index contributed by atoms with van der Waals surface area (Å²) in [6.45, 7) is 2.82. The van der Waals surface area contributed by atoms with Gasteiger partial charge in [0.15, 0.2) is 5.16 Å². The van der Waals surface area contributed by atoms with Crippen molar-refractivity contribution in [2.24, 2.45) is 0 Å². The second-order valence-electron chi connectivity index (χ2n) is 5.15. The first-order chi connectivity index (χ1) is 9.26. The minimum absolute atomic E-state index is 0.0843. The standard InChI is InChI=1S/C13H24N4OS/c1-3-9-17-12(18)15-16-13(17)19-11-8-6-4-5-7-10(11)14-2/h10-11,14H,3-9H2,1-2H3,(H,15,18). The summed E-state index contributed by atoms with van der Waals surface area (Å²) in [6, 6.07) is 0.523. The molecule has 1 aliphatic carbocycles. The number of hydrogen-bond donors (Lipinski definition) is 2. The van der Waals surface area contributed by atoms with Gasteiger partial charge in [-0.25, -0.2) is 9.89 Å².